The highest BCUT2D eigenvalue weighted by Gasteiger charge is 2.34. The molecular formula is C29H31NO3. The predicted octanol–water partition coefficient (Wildman–Crippen LogP) is 6.20. The first kappa shape index (κ1) is 21.6. The first-order valence-electron chi connectivity index (χ1n) is 11.9. The Balaban J connectivity index is 1.46. The molecule has 0 aromatic heterocycles. The van der Waals surface area contributed by atoms with Gasteiger partial charge in [0.1, 0.15) is 5.75 Å². The van der Waals surface area contributed by atoms with Crippen molar-refractivity contribution < 1.29 is 14.2 Å². The normalized spacial score (nSPS) is 19.2. The zero-order chi connectivity index (χ0) is 22.6. The molecule has 2 unspecified atom stereocenters. The molecule has 2 aliphatic rings. The number of fused-ring (bicyclic) bond motifs is 3. The molecule has 170 valence electrons. The van der Waals surface area contributed by atoms with Crippen molar-refractivity contribution in [2.24, 2.45) is 4.99 Å². The van der Waals surface area contributed by atoms with Gasteiger partial charge in [-0.3, -0.25) is 4.99 Å². The van der Waals surface area contributed by atoms with Crippen LogP contribution in [0.5, 0.6) is 17.2 Å². The number of aliphatic imine (C=N–C) groups is 1. The lowest BCUT2D eigenvalue weighted by atomic mass is 9.75. The van der Waals surface area contributed by atoms with Crippen molar-refractivity contribution in [1.82, 2.24) is 0 Å². The molecule has 0 radical (unpaired) electrons. The van der Waals surface area contributed by atoms with E-state index in [1.807, 2.05) is 12.1 Å². The third-order valence-electron chi connectivity index (χ3n) is 6.84. The molecular weight excluding hydrogens is 410 g/mol. The summed E-state index contributed by atoms with van der Waals surface area (Å²) in [5.41, 5.74) is 5.88. The van der Waals surface area contributed by atoms with Gasteiger partial charge in [0.15, 0.2) is 11.5 Å². The Morgan fingerprint density at radius 2 is 1.64 bits per heavy atom. The van der Waals surface area contributed by atoms with E-state index in [-0.39, 0.29) is 0 Å². The van der Waals surface area contributed by atoms with Crippen LogP contribution in [0.1, 0.15) is 53.9 Å². The van der Waals surface area contributed by atoms with E-state index in [4.69, 9.17) is 19.2 Å². The maximum Gasteiger partial charge on any atom is 0.161 e. The van der Waals surface area contributed by atoms with Crippen LogP contribution < -0.4 is 14.2 Å². The summed E-state index contributed by atoms with van der Waals surface area (Å²) in [6.07, 6.45) is 5.69. The third-order valence-corrected chi connectivity index (χ3v) is 6.84. The zero-order valence-corrected chi connectivity index (χ0v) is 19.4. The lowest BCUT2D eigenvalue weighted by Crippen LogP contribution is -2.29. The number of benzene rings is 3. The molecule has 1 aliphatic heterocycles. The predicted molar refractivity (Wildman–Crippen MR) is 132 cm³/mol. The van der Waals surface area contributed by atoms with Crippen molar-refractivity contribution >= 4 is 5.71 Å². The van der Waals surface area contributed by atoms with Gasteiger partial charge < -0.3 is 14.2 Å². The van der Waals surface area contributed by atoms with Crippen LogP contribution in [0, 0.1) is 0 Å². The van der Waals surface area contributed by atoms with Crippen LogP contribution >= 0.6 is 0 Å². The van der Waals surface area contributed by atoms with Crippen LogP contribution in [-0.4, -0.2) is 32.6 Å². The van der Waals surface area contributed by atoms with Crippen molar-refractivity contribution in [3.63, 3.8) is 0 Å². The minimum Gasteiger partial charge on any atom is -0.493 e. The van der Waals surface area contributed by atoms with Gasteiger partial charge in [0, 0.05) is 23.5 Å². The fourth-order valence-corrected chi connectivity index (χ4v) is 5.17. The highest BCUT2D eigenvalue weighted by Crippen LogP contribution is 2.44. The van der Waals surface area contributed by atoms with Crippen LogP contribution in [0.25, 0.3) is 0 Å². The van der Waals surface area contributed by atoms with Gasteiger partial charge in [-0.05, 0) is 48.2 Å². The molecule has 4 heteroatoms. The summed E-state index contributed by atoms with van der Waals surface area (Å²) in [4.78, 5) is 5.28. The van der Waals surface area contributed by atoms with Crippen molar-refractivity contribution in [1.29, 1.82) is 0 Å². The van der Waals surface area contributed by atoms with E-state index >= 15 is 0 Å². The van der Waals surface area contributed by atoms with Crippen LogP contribution in [0.15, 0.2) is 71.7 Å². The maximum atomic E-state index is 6.12. The number of nitrogens with zero attached hydrogens (tertiary/aromatic N) is 1. The fourth-order valence-electron chi connectivity index (χ4n) is 5.17. The summed E-state index contributed by atoms with van der Waals surface area (Å²) >= 11 is 0. The Morgan fingerprint density at radius 1 is 0.848 bits per heavy atom. The summed E-state index contributed by atoms with van der Waals surface area (Å²) < 4.78 is 17.4. The Hall–Kier alpha value is -3.27. The van der Waals surface area contributed by atoms with Gasteiger partial charge in [-0.1, -0.05) is 55.3 Å². The van der Waals surface area contributed by atoms with Crippen LogP contribution in [0.3, 0.4) is 0 Å². The number of hydrogen-bond acceptors (Lipinski definition) is 4. The molecule has 33 heavy (non-hydrogen) atoms. The van der Waals surface area contributed by atoms with E-state index in [0.717, 1.165) is 46.9 Å². The summed E-state index contributed by atoms with van der Waals surface area (Å²) in [5, 5.41) is 0. The summed E-state index contributed by atoms with van der Waals surface area (Å²) in [6, 6.07) is 23.4. The molecule has 3 aromatic rings. The second kappa shape index (κ2) is 9.70. The van der Waals surface area contributed by atoms with Gasteiger partial charge in [0.25, 0.3) is 0 Å². The Bertz CT molecular complexity index is 1140. The highest BCUT2D eigenvalue weighted by molar-refractivity contribution is 6.15. The molecule has 0 saturated heterocycles. The molecule has 0 amide bonds. The Morgan fingerprint density at radius 3 is 2.45 bits per heavy atom. The molecule has 0 N–H and O–H groups in total. The van der Waals surface area contributed by atoms with E-state index in [2.05, 4.69) is 54.6 Å². The molecule has 2 atom stereocenters. The lowest BCUT2D eigenvalue weighted by molar-refractivity contribution is 0.322. The first-order valence-corrected chi connectivity index (χ1v) is 11.9. The molecule has 1 fully saturated rings. The van der Waals surface area contributed by atoms with Gasteiger partial charge in [0.2, 0.25) is 0 Å². The molecule has 1 saturated carbocycles. The summed E-state index contributed by atoms with van der Waals surface area (Å²) in [7, 11) is 3.39. The van der Waals surface area contributed by atoms with E-state index in [0.29, 0.717) is 18.6 Å². The largest absolute Gasteiger partial charge is 0.493 e. The molecule has 5 rings (SSSR count). The quantitative estimate of drug-likeness (QED) is 0.438. The Labute approximate surface area is 196 Å². The van der Waals surface area contributed by atoms with Gasteiger partial charge in [-0.15, -0.1) is 0 Å². The third kappa shape index (κ3) is 4.47. The molecule has 0 spiro atoms. The molecule has 1 aliphatic carbocycles. The van der Waals surface area contributed by atoms with Gasteiger partial charge in [-0.25, -0.2) is 0 Å². The molecule has 3 aromatic carbocycles. The minimum absolute atomic E-state index is 0.321. The minimum atomic E-state index is 0.321. The SMILES string of the molecule is COc1cc2c(cc1OC)C1CCCCC1N=C2c1cccc(OCCc2ccccc2)c1. The smallest absolute Gasteiger partial charge is 0.161 e. The molecule has 4 nitrogen and oxygen atoms in total. The van der Waals surface area contributed by atoms with Crippen LogP contribution in [-0.2, 0) is 6.42 Å². The summed E-state index contributed by atoms with van der Waals surface area (Å²) in [6.45, 7) is 0.645. The lowest BCUT2D eigenvalue weighted by Gasteiger charge is -2.35. The van der Waals surface area contributed by atoms with E-state index in [1.54, 1.807) is 14.2 Å². The number of ether oxygens (including phenoxy) is 3. The molecule has 1 heterocycles. The second-order valence-electron chi connectivity index (χ2n) is 8.84. The average Bonchev–Trinajstić information content (AvgIpc) is 2.88. The standard InChI is InChI=1S/C29H31NO3/c1-31-27-18-24-23-13-6-7-14-26(23)30-29(25(24)19-28(27)32-2)21-11-8-12-22(17-21)33-16-15-20-9-4-3-5-10-20/h3-5,8-12,17-19,23,26H,6-7,13-16H2,1-2H3. The van der Waals surface area contributed by atoms with Crippen molar-refractivity contribution in [2.75, 3.05) is 20.8 Å². The van der Waals surface area contributed by atoms with Gasteiger partial charge >= 0.3 is 0 Å². The van der Waals surface area contributed by atoms with Crippen molar-refractivity contribution in [2.45, 2.75) is 44.1 Å². The fraction of sp³-hybridized carbons (Fsp3) is 0.345. The highest BCUT2D eigenvalue weighted by atomic mass is 16.5. The van der Waals surface area contributed by atoms with E-state index in [1.165, 1.54) is 30.4 Å². The summed E-state index contributed by atoms with van der Waals surface area (Å²) in [5.74, 6) is 2.86. The van der Waals surface area contributed by atoms with E-state index in [9.17, 15) is 0 Å². The maximum absolute atomic E-state index is 6.12. The van der Waals surface area contributed by atoms with Gasteiger partial charge in [-0.2, -0.15) is 0 Å². The van der Waals surface area contributed by atoms with E-state index < -0.39 is 0 Å². The number of methoxy groups -OCH3 is 2. The van der Waals surface area contributed by atoms with Crippen molar-refractivity contribution in [3.8, 4) is 17.2 Å². The molecule has 0 bridgehead atoms. The second-order valence-corrected chi connectivity index (χ2v) is 8.84. The first-order chi connectivity index (χ1) is 16.3. The number of hydrogen-bond donors (Lipinski definition) is 0. The number of rotatable bonds is 7. The topological polar surface area (TPSA) is 40.0 Å². The van der Waals surface area contributed by atoms with Crippen molar-refractivity contribution in [3.05, 3.63) is 89.0 Å². The van der Waals surface area contributed by atoms with Crippen LogP contribution in [0.4, 0.5) is 0 Å². The van der Waals surface area contributed by atoms with Gasteiger partial charge in [0.05, 0.1) is 32.6 Å². The zero-order valence-electron chi connectivity index (χ0n) is 19.4. The van der Waals surface area contributed by atoms with Crippen LogP contribution in [0.2, 0.25) is 0 Å². The average molecular weight is 442 g/mol. The Kier molecular flexibility index (Phi) is 6.34. The monoisotopic (exact) mass is 441 g/mol.